The molecule has 0 saturated heterocycles. The van der Waals surface area contributed by atoms with Gasteiger partial charge >= 0.3 is 5.69 Å². The van der Waals surface area contributed by atoms with Gasteiger partial charge in [-0.15, -0.1) is 0 Å². The Hall–Kier alpha value is -2.10. The molecular formula is C14H14N2O2. The highest BCUT2D eigenvalue weighted by Crippen LogP contribution is 2.41. The van der Waals surface area contributed by atoms with Crippen molar-refractivity contribution in [1.29, 1.82) is 0 Å². The molecule has 1 aliphatic carbocycles. The second-order valence-electron chi connectivity index (χ2n) is 4.84. The van der Waals surface area contributed by atoms with Gasteiger partial charge in [0.1, 0.15) is 0 Å². The zero-order chi connectivity index (χ0) is 12.7. The molecule has 0 spiro atoms. The third kappa shape index (κ3) is 1.61. The fourth-order valence-electron chi connectivity index (χ4n) is 2.86. The van der Waals surface area contributed by atoms with E-state index >= 15 is 0 Å². The highest BCUT2D eigenvalue weighted by atomic mass is 16.2. The molecule has 1 aromatic carbocycles. The Kier molecular flexibility index (Phi) is 2.44. The number of H-pyrrole nitrogens is 2. The van der Waals surface area contributed by atoms with Crippen molar-refractivity contribution in [3.05, 3.63) is 68.0 Å². The van der Waals surface area contributed by atoms with Crippen LogP contribution in [0.3, 0.4) is 0 Å². The van der Waals surface area contributed by atoms with Gasteiger partial charge in [0.15, 0.2) is 0 Å². The average molecular weight is 242 g/mol. The summed E-state index contributed by atoms with van der Waals surface area (Å²) in [5, 5.41) is 0. The molecule has 1 heterocycles. The van der Waals surface area contributed by atoms with E-state index < -0.39 is 5.69 Å². The Morgan fingerprint density at radius 1 is 1.11 bits per heavy atom. The summed E-state index contributed by atoms with van der Waals surface area (Å²) in [5.74, 6) is 0.289. The van der Waals surface area contributed by atoms with E-state index in [9.17, 15) is 9.59 Å². The van der Waals surface area contributed by atoms with Gasteiger partial charge < -0.3 is 4.98 Å². The maximum Gasteiger partial charge on any atom is 0.325 e. The van der Waals surface area contributed by atoms with Crippen molar-refractivity contribution in [2.75, 3.05) is 0 Å². The van der Waals surface area contributed by atoms with Gasteiger partial charge in [-0.05, 0) is 17.9 Å². The largest absolute Gasteiger partial charge is 0.325 e. The number of aromatic amines is 2. The van der Waals surface area contributed by atoms with Crippen LogP contribution in [0.4, 0.5) is 0 Å². The molecule has 0 fully saturated rings. The molecule has 3 rings (SSSR count). The molecule has 0 amide bonds. The second-order valence-corrected chi connectivity index (χ2v) is 4.84. The first kappa shape index (κ1) is 11.0. The van der Waals surface area contributed by atoms with Crippen molar-refractivity contribution in [1.82, 2.24) is 9.97 Å². The Labute approximate surface area is 104 Å². The SMILES string of the molecule is CC1CC(c2ccccc2)c2[nH]c(=O)[nH]c(=O)c21. The number of hydrogen-bond acceptors (Lipinski definition) is 2. The van der Waals surface area contributed by atoms with Crippen LogP contribution < -0.4 is 11.2 Å². The smallest absolute Gasteiger partial charge is 0.310 e. The summed E-state index contributed by atoms with van der Waals surface area (Å²) < 4.78 is 0. The molecule has 1 aliphatic rings. The molecule has 2 N–H and O–H groups in total. The van der Waals surface area contributed by atoms with Crippen LogP contribution in [-0.2, 0) is 0 Å². The van der Waals surface area contributed by atoms with Crippen LogP contribution in [0.15, 0.2) is 39.9 Å². The molecule has 0 saturated carbocycles. The van der Waals surface area contributed by atoms with E-state index in [1.807, 2.05) is 37.3 Å². The van der Waals surface area contributed by atoms with Gasteiger partial charge in [0.2, 0.25) is 0 Å². The summed E-state index contributed by atoms with van der Waals surface area (Å²) in [6.07, 6.45) is 0.863. The number of aromatic nitrogens is 2. The van der Waals surface area contributed by atoms with Crippen LogP contribution in [0.5, 0.6) is 0 Å². The summed E-state index contributed by atoms with van der Waals surface area (Å²) in [5.41, 5.74) is 1.98. The van der Waals surface area contributed by atoms with Crippen molar-refractivity contribution in [3.8, 4) is 0 Å². The van der Waals surface area contributed by atoms with E-state index in [0.717, 1.165) is 23.2 Å². The standard InChI is InChI=1S/C14H14N2O2/c1-8-7-10(9-5-3-2-4-6-9)12-11(8)13(17)16-14(18)15-12/h2-6,8,10H,7H2,1H3,(H2,15,16,17,18). The third-order valence-electron chi connectivity index (χ3n) is 3.64. The molecule has 0 aliphatic heterocycles. The van der Waals surface area contributed by atoms with Gasteiger partial charge in [-0.1, -0.05) is 37.3 Å². The topological polar surface area (TPSA) is 65.7 Å². The number of hydrogen-bond donors (Lipinski definition) is 2. The van der Waals surface area contributed by atoms with Crippen LogP contribution in [0.1, 0.15) is 42.0 Å². The second kappa shape index (κ2) is 3.98. The van der Waals surface area contributed by atoms with Gasteiger partial charge in [-0.25, -0.2) is 4.79 Å². The van der Waals surface area contributed by atoms with Crippen molar-refractivity contribution < 1.29 is 0 Å². The summed E-state index contributed by atoms with van der Waals surface area (Å²) in [6.45, 7) is 2.02. The Bertz CT molecular complexity index is 685. The molecule has 92 valence electrons. The monoisotopic (exact) mass is 242 g/mol. The Morgan fingerprint density at radius 3 is 2.56 bits per heavy atom. The number of nitrogens with one attached hydrogen (secondary N) is 2. The quantitative estimate of drug-likeness (QED) is 0.799. The lowest BCUT2D eigenvalue weighted by atomic mass is 9.95. The number of benzene rings is 1. The maximum atomic E-state index is 11.8. The zero-order valence-corrected chi connectivity index (χ0v) is 10.1. The van der Waals surface area contributed by atoms with E-state index in [1.54, 1.807) is 0 Å². The van der Waals surface area contributed by atoms with Crippen LogP contribution >= 0.6 is 0 Å². The van der Waals surface area contributed by atoms with Gasteiger partial charge in [-0.3, -0.25) is 9.78 Å². The summed E-state index contributed by atoms with van der Waals surface area (Å²) in [7, 11) is 0. The molecule has 18 heavy (non-hydrogen) atoms. The van der Waals surface area contributed by atoms with Crippen molar-refractivity contribution in [3.63, 3.8) is 0 Å². The lowest BCUT2D eigenvalue weighted by Gasteiger charge is -2.10. The summed E-state index contributed by atoms with van der Waals surface area (Å²) in [4.78, 5) is 28.4. The highest BCUT2D eigenvalue weighted by molar-refractivity contribution is 5.38. The predicted octanol–water partition coefficient (Wildman–Crippen LogP) is 1.70. The van der Waals surface area contributed by atoms with Crippen LogP contribution in [0, 0.1) is 0 Å². The normalized spacial score (nSPS) is 21.8. The molecule has 0 radical (unpaired) electrons. The van der Waals surface area contributed by atoms with Crippen LogP contribution in [0.25, 0.3) is 0 Å². The van der Waals surface area contributed by atoms with Gasteiger partial charge in [0.25, 0.3) is 5.56 Å². The first-order valence-electron chi connectivity index (χ1n) is 6.08. The zero-order valence-electron chi connectivity index (χ0n) is 10.1. The summed E-state index contributed by atoms with van der Waals surface area (Å²) in [6, 6.07) is 9.98. The van der Waals surface area contributed by atoms with Crippen LogP contribution in [-0.4, -0.2) is 9.97 Å². The Morgan fingerprint density at radius 2 is 1.83 bits per heavy atom. The molecular weight excluding hydrogens is 228 g/mol. The summed E-state index contributed by atoms with van der Waals surface area (Å²) >= 11 is 0. The molecule has 2 unspecified atom stereocenters. The van der Waals surface area contributed by atoms with Crippen LogP contribution in [0.2, 0.25) is 0 Å². The van der Waals surface area contributed by atoms with Crippen molar-refractivity contribution >= 4 is 0 Å². The van der Waals surface area contributed by atoms with Crippen molar-refractivity contribution in [2.45, 2.75) is 25.2 Å². The molecule has 2 aromatic rings. The van der Waals surface area contributed by atoms with Gasteiger partial charge in [-0.2, -0.15) is 0 Å². The maximum absolute atomic E-state index is 11.8. The van der Waals surface area contributed by atoms with Gasteiger partial charge in [0.05, 0.1) is 0 Å². The van der Waals surface area contributed by atoms with Gasteiger partial charge in [0, 0.05) is 17.2 Å². The first-order valence-corrected chi connectivity index (χ1v) is 6.08. The lowest BCUT2D eigenvalue weighted by molar-refractivity contribution is 0.680. The predicted molar refractivity (Wildman–Crippen MR) is 69.0 cm³/mol. The minimum absolute atomic E-state index is 0.117. The highest BCUT2D eigenvalue weighted by Gasteiger charge is 2.32. The lowest BCUT2D eigenvalue weighted by Crippen LogP contribution is -2.26. The Balaban J connectivity index is 2.20. The molecule has 0 bridgehead atoms. The third-order valence-corrected chi connectivity index (χ3v) is 3.64. The fourth-order valence-corrected chi connectivity index (χ4v) is 2.86. The minimum atomic E-state index is -0.422. The van der Waals surface area contributed by atoms with E-state index in [4.69, 9.17) is 0 Å². The van der Waals surface area contributed by atoms with E-state index in [2.05, 4.69) is 9.97 Å². The van der Waals surface area contributed by atoms with E-state index in [-0.39, 0.29) is 17.4 Å². The van der Waals surface area contributed by atoms with Crippen molar-refractivity contribution in [2.24, 2.45) is 0 Å². The number of fused-ring (bicyclic) bond motifs is 1. The molecule has 2 atom stereocenters. The molecule has 1 aromatic heterocycles. The fraction of sp³-hybridized carbons (Fsp3) is 0.286. The number of rotatable bonds is 1. The first-order chi connectivity index (χ1) is 8.66. The minimum Gasteiger partial charge on any atom is -0.310 e. The molecule has 4 heteroatoms. The van der Waals surface area contributed by atoms with E-state index in [0.29, 0.717) is 0 Å². The van der Waals surface area contributed by atoms with E-state index in [1.165, 1.54) is 0 Å². The average Bonchev–Trinajstić information content (AvgIpc) is 2.67. The molecule has 4 nitrogen and oxygen atoms in total.